The molecule has 0 aliphatic heterocycles. The van der Waals surface area contributed by atoms with Crippen LogP contribution in [0.2, 0.25) is 0 Å². The molecule has 0 aliphatic rings. The van der Waals surface area contributed by atoms with Crippen molar-refractivity contribution in [2.45, 2.75) is 103 Å². The Hall–Kier alpha value is -1.97. The van der Waals surface area contributed by atoms with Crippen LogP contribution in [0, 0.1) is 5.82 Å². The van der Waals surface area contributed by atoms with Crippen molar-refractivity contribution >= 4 is 0 Å². The largest absolute Gasteiger partial charge is 0.491 e. The third-order valence-corrected chi connectivity index (χ3v) is 5.92. The highest BCUT2D eigenvalue weighted by atomic mass is 19.1. The molecule has 2 rings (SSSR count). The monoisotopic (exact) mass is 445 g/mol. The molecule has 0 bridgehead atoms. The maximum Gasteiger partial charge on any atom is 0.165 e. The van der Waals surface area contributed by atoms with Crippen LogP contribution in [0.4, 0.5) is 8.78 Å². The second-order valence-corrected chi connectivity index (χ2v) is 8.80. The Morgan fingerprint density at radius 3 is 2.25 bits per heavy atom. The lowest BCUT2D eigenvalue weighted by Gasteiger charge is -2.10. The second-order valence-electron chi connectivity index (χ2n) is 8.80. The number of aromatic nitrogens is 1. The molecule has 0 saturated heterocycles. The van der Waals surface area contributed by atoms with Crippen molar-refractivity contribution in [2.24, 2.45) is 0 Å². The summed E-state index contributed by atoms with van der Waals surface area (Å²) in [5, 5.41) is 0. The Morgan fingerprint density at radius 2 is 1.56 bits per heavy atom. The highest BCUT2D eigenvalue weighted by molar-refractivity contribution is 5.60. The minimum absolute atomic E-state index is 0.298. The van der Waals surface area contributed by atoms with Crippen LogP contribution in [0.1, 0.15) is 96.5 Å². The first kappa shape index (κ1) is 26.3. The number of hydrogen-bond donors (Lipinski definition) is 0. The van der Waals surface area contributed by atoms with Crippen LogP contribution in [0.5, 0.6) is 5.75 Å². The third kappa shape index (κ3) is 10.1. The lowest BCUT2D eigenvalue weighted by atomic mass is 10.0. The van der Waals surface area contributed by atoms with E-state index in [9.17, 15) is 8.78 Å². The fourth-order valence-corrected chi connectivity index (χ4v) is 3.85. The van der Waals surface area contributed by atoms with Crippen LogP contribution < -0.4 is 4.74 Å². The van der Waals surface area contributed by atoms with E-state index in [-0.39, 0.29) is 5.82 Å². The van der Waals surface area contributed by atoms with Crippen LogP contribution in [0.3, 0.4) is 0 Å². The molecular formula is C28H41F2NO. The van der Waals surface area contributed by atoms with Gasteiger partial charge in [0.05, 0.1) is 12.3 Å². The van der Waals surface area contributed by atoms with E-state index in [0.29, 0.717) is 37.3 Å². The van der Waals surface area contributed by atoms with Crippen molar-refractivity contribution in [3.05, 3.63) is 47.9 Å². The molecule has 0 fully saturated rings. The number of unbranched alkanes of at least 4 members (excludes halogenated alkanes) is 8. The van der Waals surface area contributed by atoms with Crippen molar-refractivity contribution in [3.8, 4) is 17.0 Å². The number of ether oxygens (including phenoxy) is 1. The first-order valence-corrected chi connectivity index (χ1v) is 12.7. The number of alkyl halides is 1. The van der Waals surface area contributed by atoms with Gasteiger partial charge in [0.15, 0.2) is 11.6 Å². The Morgan fingerprint density at radius 1 is 0.844 bits per heavy atom. The standard InChI is InChI=1S/C28H41F2NO/c1-3-5-7-9-10-12-20-32-28-19-16-24(21-26(28)30)27-18-15-23(22-31-27)14-17-25(29)13-11-8-6-4-2/h15-16,18-19,21-22,25H,3-14,17,20H2,1-2H3. The number of nitrogens with zero attached hydrogens (tertiary/aromatic N) is 1. The van der Waals surface area contributed by atoms with Crippen LogP contribution in [0.25, 0.3) is 11.3 Å². The average Bonchev–Trinajstić information content (AvgIpc) is 2.81. The zero-order valence-corrected chi connectivity index (χ0v) is 20.1. The number of pyridine rings is 1. The van der Waals surface area contributed by atoms with Crippen LogP contribution in [-0.4, -0.2) is 17.8 Å². The molecule has 1 atom stereocenters. The minimum Gasteiger partial charge on any atom is -0.491 e. The molecule has 0 aliphatic carbocycles. The van der Waals surface area contributed by atoms with Gasteiger partial charge in [-0.15, -0.1) is 0 Å². The summed E-state index contributed by atoms with van der Waals surface area (Å²) in [5.41, 5.74) is 2.45. The molecule has 1 aromatic heterocycles. The molecule has 2 aromatic rings. The smallest absolute Gasteiger partial charge is 0.165 e. The summed E-state index contributed by atoms with van der Waals surface area (Å²) in [6, 6.07) is 8.86. The maximum atomic E-state index is 14.5. The minimum atomic E-state index is -0.746. The van der Waals surface area contributed by atoms with Gasteiger partial charge in [0, 0.05) is 11.8 Å². The van der Waals surface area contributed by atoms with E-state index >= 15 is 0 Å². The van der Waals surface area contributed by atoms with Gasteiger partial charge in [-0.3, -0.25) is 4.98 Å². The summed E-state index contributed by atoms with van der Waals surface area (Å²) >= 11 is 0. The van der Waals surface area contributed by atoms with Crippen molar-refractivity contribution in [1.29, 1.82) is 0 Å². The van der Waals surface area contributed by atoms with Crippen molar-refractivity contribution in [1.82, 2.24) is 4.98 Å². The van der Waals surface area contributed by atoms with Crippen LogP contribution >= 0.6 is 0 Å². The van der Waals surface area contributed by atoms with Crippen LogP contribution in [-0.2, 0) is 6.42 Å². The zero-order chi connectivity index (χ0) is 23.0. The van der Waals surface area contributed by atoms with Gasteiger partial charge in [-0.1, -0.05) is 77.7 Å². The summed E-state index contributed by atoms with van der Waals surface area (Å²) in [5.74, 6) is -0.0606. The van der Waals surface area contributed by atoms with E-state index in [1.807, 2.05) is 18.2 Å². The Bertz CT molecular complexity index is 748. The van der Waals surface area contributed by atoms with Gasteiger partial charge in [0.2, 0.25) is 0 Å². The highest BCUT2D eigenvalue weighted by Crippen LogP contribution is 2.25. The van der Waals surface area contributed by atoms with Gasteiger partial charge in [0.25, 0.3) is 0 Å². The zero-order valence-electron chi connectivity index (χ0n) is 20.1. The van der Waals surface area contributed by atoms with Gasteiger partial charge in [-0.25, -0.2) is 8.78 Å². The third-order valence-electron chi connectivity index (χ3n) is 5.92. The first-order valence-electron chi connectivity index (χ1n) is 12.7. The number of aryl methyl sites for hydroxylation is 1. The topological polar surface area (TPSA) is 22.1 Å². The number of halogens is 2. The van der Waals surface area contributed by atoms with Crippen molar-refractivity contribution in [3.63, 3.8) is 0 Å². The fourth-order valence-electron chi connectivity index (χ4n) is 3.85. The summed E-state index contributed by atoms with van der Waals surface area (Å²) in [4.78, 5) is 4.47. The Balaban J connectivity index is 1.76. The summed E-state index contributed by atoms with van der Waals surface area (Å²) in [6.45, 7) is 4.91. The normalized spacial score (nSPS) is 12.1. The number of benzene rings is 1. The Labute approximate surface area is 193 Å². The average molecular weight is 446 g/mol. The van der Waals surface area contributed by atoms with Gasteiger partial charge >= 0.3 is 0 Å². The van der Waals surface area contributed by atoms with E-state index in [1.165, 1.54) is 44.6 Å². The highest BCUT2D eigenvalue weighted by Gasteiger charge is 2.09. The van der Waals surface area contributed by atoms with Crippen molar-refractivity contribution < 1.29 is 13.5 Å². The van der Waals surface area contributed by atoms with E-state index in [1.54, 1.807) is 12.3 Å². The molecule has 0 amide bonds. The molecule has 0 radical (unpaired) electrons. The van der Waals surface area contributed by atoms with Gasteiger partial charge < -0.3 is 4.74 Å². The molecule has 32 heavy (non-hydrogen) atoms. The van der Waals surface area contributed by atoms with Gasteiger partial charge in [-0.05, 0) is 55.5 Å². The predicted octanol–water partition coefficient (Wildman–Crippen LogP) is 8.87. The first-order chi connectivity index (χ1) is 15.6. The van der Waals surface area contributed by atoms with Gasteiger partial charge in [0.1, 0.15) is 6.17 Å². The van der Waals surface area contributed by atoms with Crippen molar-refractivity contribution in [2.75, 3.05) is 6.61 Å². The molecule has 0 spiro atoms. The van der Waals surface area contributed by atoms with Crippen LogP contribution in [0.15, 0.2) is 36.5 Å². The van der Waals surface area contributed by atoms with E-state index < -0.39 is 6.17 Å². The van der Waals surface area contributed by atoms with E-state index in [0.717, 1.165) is 36.8 Å². The molecule has 1 aromatic carbocycles. The molecule has 2 nitrogen and oxygen atoms in total. The molecule has 1 unspecified atom stereocenters. The summed E-state index contributed by atoms with van der Waals surface area (Å²) in [6.07, 6.45) is 14.4. The molecule has 0 N–H and O–H groups in total. The predicted molar refractivity (Wildman–Crippen MR) is 130 cm³/mol. The van der Waals surface area contributed by atoms with E-state index in [2.05, 4.69) is 18.8 Å². The molecule has 1 heterocycles. The maximum absolute atomic E-state index is 14.5. The molecular weight excluding hydrogens is 404 g/mol. The summed E-state index contributed by atoms with van der Waals surface area (Å²) < 4.78 is 34.1. The van der Waals surface area contributed by atoms with E-state index in [4.69, 9.17) is 4.74 Å². The Kier molecular flexibility index (Phi) is 13.0. The molecule has 0 saturated carbocycles. The second kappa shape index (κ2) is 15.8. The molecule has 4 heteroatoms. The lowest BCUT2D eigenvalue weighted by molar-refractivity contribution is 0.287. The SMILES string of the molecule is CCCCCCCCOc1ccc(-c2ccc(CCC(F)CCCCCC)cn2)cc1F. The fraction of sp³-hybridized carbons (Fsp3) is 0.607. The van der Waals surface area contributed by atoms with Gasteiger partial charge in [-0.2, -0.15) is 0 Å². The molecule has 178 valence electrons. The lowest BCUT2D eigenvalue weighted by Crippen LogP contribution is -2.02. The number of hydrogen-bond acceptors (Lipinski definition) is 2. The number of rotatable bonds is 17. The summed E-state index contributed by atoms with van der Waals surface area (Å²) in [7, 11) is 0. The quantitative estimate of drug-likeness (QED) is 0.227.